The molecule has 2 rings (SSSR count). The largest absolute Gasteiger partial charge is 0.313 e. The Kier molecular flexibility index (Phi) is 3.74. The molecule has 84 valence electrons. The lowest BCUT2D eigenvalue weighted by molar-refractivity contribution is 0.717. The molecule has 0 fully saturated rings. The van der Waals surface area contributed by atoms with Crippen molar-refractivity contribution in [1.29, 1.82) is 0 Å². The highest BCUT2D eigenvalue weighted by Crippen LogP contribution is 2.16. The maximum atomic E-state index is 4.30. The van der Waals surface area contributed by atoms with Crippen molar-refractivity contribution < 1.29 is 0 Å². The molecule has 0 aliphatic rings. The van der Waals surface area contributed by atoms with Gasteiger partial charge in [0, 0.05) is 12.7 Å². The molecule has 0 radical (unpaired) electrons. The van der Waals surface area contributed by atoms with E-state index in [1.54, 1.807) is 6.20 Å². The molecular formula is C12H14BrN3. The van der Waals surface area contributed by atoms with E-state index in [0.717, 1.165) is 23.2 Å². The minimum Gasteiger partial charge on any atom is -0.313 e. The van der Waals surface area contributed by atoms with Crippen molar-refractivity contribution in [2.45, 2.75) is 13.5 Å². The molecule has 0 spiro atoms. The van der Waals surface area contributed by atoms with Gasteiger partial charge in [-0.05, 0) is 34.1 Å². The number of para-hydroxylation sites is 1. The first-order chi connectivity index (χ1) is 7.81. The summed E-state index contributed by atoms with van der Waals surface area (Å²) in [5.41, 5.74) is 2.37. The molecule has 1 N–H and O–H groups in total. The number of hydrogen-bond donors (Lipinski definition) is 1. The first kappa shape index (κ1) is 11.4. The fourth-order valence-electron chi connectivity index (χ4n) is 1.58. The molecule has 0 amide bonds. The Hall–Kier alpha value is -1.13. The second-order valence-electron chi connectivity index (χ2n) is 3.51. The van der Waals surface area contributed by atoms with E-state index in [4.69, 9.17) is 0 Å². The molecule has 0 atom stereocenters. The Bertz CT molecular complexity index is 465. The zero-order valence-electron chi connectivity index (χ0n) is 9.15. The van der Waals surface area contributed by atoms with Crippen LogP contribution in [-0.2, 0) is 6.54 Å². The standard InChI is InChI=1S/C12H14BrN3/c1-2-14-7-10-5-3-4-6-12(10)16-9-11(13)8-15-16/h3-6,8-9,14H,2,7H2,1H3. The molecule has 1 aromatic heterocycles. The Morgan fingerprint density at radius 1 is 1.38 bits per heavy atom. The van der Waals surface area contributed by atoms with Gasteiger partial charge < -0.3 is 5.32 Å². The molecular weight excluding hydrogens is 266 g/mol. The molecule has 3 nitrogen and oxygen atoms in total. The molecule has 0 aliphatic carbocycles. The van der Waals surface area contributed by atoms with Gasteiger partial charge in [-0.15, -0.1) is 0 Å². The van der Waals surface area contributed by atoms with E-state index in [0.29, 0.717) is 0 Å². The molecule has 0 saturated heterocycles. The summed E-state index contributed by atoms with van der Waals surface area (Å²) in [6.07, 6.45) is 3.76. The number of benzene rings is 1. The van der Waals surface area contributed by atoms with Crippen LogP contribution in [0.3, 0.4) is 0 Å². The lowest BCUT2D eigenvalue weighted by Gasteiger charge is -2.09. The van der Waals surface area contributed by atoms with Crippen LogP contribution in [0.25, 0.3) is 5.69 Å². The van der Waals surface area contributed by atoms with Crippen LogP contribution >= 0.6 is 15.9 Å². The van der Waals surface area contributed by atoms with Crippen molar-refractivity contribution in [2.75, 3.05) is 6.54 Å². The quantitative estimate of drug-likeness (QED) is 0.933. The maximum Gasteiger partial charge on any atom is 0.0690 e. The summed E-state index contributed by atoms with van der Waals surface area (Å²) in [5, 5.41) is 7.63. The summed E-state index contributed by atoms with van der Waals surface area (Å²) in [4.78, 5) is 0. The smallest absolute Gasteiger partial charge is 0.0690 e. The molecule has 16 heavy (non-hydrogen) atoms. The number of nitrogens with zero attached hydrogens (tertiary/aromatic N) is 2. The third-order valence-corrected chi connectivity index (χ3v) is 2.76. The van der Waals surface area contributed by atoms with E-state index >= 15 is 0 Å². The topological polar surface area (TPSA) is 29.9 Å². The summed E-state index contributed by atoms with van der Waals surface area (Å²) >= 11 is 3.41. The molecule has 1 aromatic carbocycles. The van der Waals surface area contributed by atoms with Gasteiger partial charge in [0.2, 0.25) is 0 Å². The molecule has 0 aliphatic heterocycles. The first-order valence-corrected chi connectivity index (χ1v) is 6.09. The van der Waals surface area contributed by atoms with Crippen LogP contribution in [-0.4, -0.2) is 16.3 Å². The van der Waals surface area contributed by atoms with Crippen molar-refractivity contribution in [1.82, 2.24) is 15.1 Å². The third-order valence-electron chi connectivity index (χ3n) is 2.35. The fourth-order valence-corrected chi connectivity index (χ4v) is 1.86. The predicted molar refractivity (Wildman–Crippen MR) is 68.6 cm³/mol. The van der Waals surface area contributed by atoms with E-state index in [1.807, 2.05) is 16.9 Å². The van der Waals surface area contributed by atoms with Gasteiger partial charge in [0.1, 0.15) is 0 Å². The molecule has 2 aromatic rings. The summed E-state index contributed by atoms with van der Waals surface area (Å²) in [6, 6.07) is 8.27. The zero-order valence-corrected chi connectivity index (χ0v) is 10.7. The van der Waals surface area contributed by atoms with Crippen molar-refractivity contribution in [3.8, 4) is 5.69 Å². The third kappa shape index (κ3) is 2.51. The van der Waals surface area contributed by atoms with Crippen molar-refractivity contribution in [3.05, 3.63) is 46.7 Å². The summed E-state index contributed by atoms with van der Waals surface area (Å²) in [7, 11) is 0. The lowest BCUT2D eigenvalue weighted by Crippen LogP contribution is -2.13. The van der Waals surface area contributed by atoms with E-state index in [1.165, 1.54) is 5.56 Å². The van der Waals surface area contributed by atoms with Gasteiger partial charge >= 0.3 is 0 Å². The Labute approximate surface area is 104 Å². The maximum absolute atomic E-state index is 4.30. The van der Waals surface area contributed by atoms with E-state index < -0.39 is 0 Å². The van der Waals surface area contributed by atoms with Gasteiger partial charge in [0.25, 0.3) is 0 Å². The lowest BCUT2D eigenvalue weighted by atomic mass is 10.2. The van der Waals surface area contributed by atoms with E-state index in [-0.39, 0.29) is 0 Å². The highest BCUT2D eigenvalue weighted by molar-refractivity contribution is 9.10. The highest BCUT2D eigenvalue weighted by atomic mass is 79.9. The van der Waals surface area contributed by atoms with Gasteiger partial charge in [-0.2, -0.15) is 5.10 Å². The monoisotopic (exact) mass is 279 g/mol. The van der Waals surface area contributed by atoms with Crippen LogP contribution < -0.4 is 5.32 Å². The van der Waals surface area contributed by atoms with E-state index in [2.05, 4.69) is 51.5 Å². The number of nitrogens with one attached hydrogen (secondary N) is 1. The van der Waals surface area contributed by atoms with Gasteiger partial charge in [0.05, 0.1) is 16.4 Å². The summed E-state index contributed by atoms with van der Waals surface area (Å²) < 4.78 is 2.88. The average Bonchev–Trinajstić information content (AvgIpc) is 2.73. The van der Waals surface area contributed by atoms with Crippen LogP contribution in [0.1, 0.15) is 12.5 Å². The normalized spacial score (nSPS) is 10.6. The molecule has 1 heterocycles. The predicted octanol–water partition coefficient (Wildman–Crippen LogP) is 2.74. The highest BCUT2D eigenvalue weighted by Gasteiger charge is 2.04. The number of halogens is 1. The fraction of sp³-hybridized carbons (Fsp3) is 0.250. The van der Waals surface area contributed by atoms with Crippen LogP contribution in [0.2, 0.25) is 0 Å². The molecule has 0 bridgehead atoms. The number of aromatic nitrogens is 2. The minimum atomic E-state index is 0.865. The summed E-state index contributed by atoms with van der Waals surface area (Å²) in [5.74, 6) is 0. The van der Waals surface area contributed by atoms with Gasteiger partial charge in [-0.25, -0.2) is 4.68 Å². The van der Waals surface area contributed by atoms with Crippen molar-refractivity contribution in [2.24, 2.45) is 0 Å². The van der Waals surface area contributed by atoms with Gasteiger partial charge in [0.15, 0.2) is 0 Å². The van der Waals surface area contributed by atoms with Crippen LogP contribution in [0.5, 0.6) is 0 Å². The zero-order chi connectivity index (χ0) is 11.4. The van der Waals surface area contributed by atoms with Crippen molar-refractivity contribution in [3.63, 3.8) is 0 Å². The molecule has 0 unspecified atom stereocenters. The van der Waals surface area contributed by atoms with Crippen LogP contribution in [0.15, 0.2) is 41.1 Å². The molecule has 4 heteroatoms. The molecule has 0 saturated carbocycles. The number of rotatable bonds is 4. The van der Waals surface area contributed by atoms with E-state index in [9.17, 15) is 0 Å². The Morgan fingerprint density at radius 2 is 2.19 bits per heavy atom. The van der Waals surface area contributed by atoms with Gasteiger partial charge in [-0.3, -0.25) is 0 Å². The van der Waals surface area contributed by atoms with Crippen molar-refractivity contribution >= 4 is 15.9 Å². The summed E-state index contributed by atoms with van der Waals surface area (Å²) in [6.45, 7) is 3.94. The van der Waals surface area contributed by atoms with Crippen LogP contribution in [0, 0.1) is 0 Å². The SMILES string of the molecule is CCNCc1ccccc1-n1cc(Br)cn1. The minimum absolute atomic E-state index is 0.865. The number of hydrogen-bond acceptors (Lipinski definition) is 2. The van der Waals surface area contributed by atoms with Gasteiger partial charge in [-0.1, -0.05) is 25.1 Å². The second kappa shape index (κ2) is 5.27. The average molecular weight is 280 g/mol. The Balaban J connectivity index is 2.32. The Morgan fingerprint density at radius 3 is 2.88 bits per heavy atom. The second-order valence-corrected chi connectivity index (χ2v) is 4.43. The van der Waals surface area contributed by atoms with Crippen LogP contribution in [0.4, 0.5) is 0 Å². The first-order valence-electron chi connectivity index (χ1n) is 5.30.